The van der Waals surface area contributed by atoms with Crippen LogP contribution in [0.4, 0.5) is 11.9 Å². The lowest BCUT2D eigenvalue weighted by atomic mass is 10.2. The van der Waals surface area contributed by atoms with Crippen molar-refractivity contribution < 1.29 is 0 Å². The summed E-state index contributed by atoms with van der Waals surface area (Å²) in [6.07, 6.45) is 4.76. The van der Waals surface area contributed by atoms with Gasteiger partial charge in [0.1, 0.15) is 0 Å². The SMILES string of the molecule is CN(C)CC1CCCN1c1nc(Cl)nc(N2CCCC2)n1. The van der Waals surface area contributed by atoms with Gasteiger partial charge in [-0.25, -0.2) is 0 Å². The second-order valence-corrected chi connectivity index (χ2v) is 6.49. The third-order valence-corrected chi connectivity index (χ3v) is 4.35. The van der Waals surface area contributed by atoms with Gasteiger partial charge in [0.25, 0.3) is 0 Å². The van der Waals surface area contributed by atoms with Crippen LogP contribution in [0.25, 0.3) is 0 Å². The molecule has 2 fully saturated rings. The van der Waals surface area contributed by atoms with E-state index in [0.717, 1.165) is 38.1 Å². The highest BCUT2D eigenvalue weighted by Gasteiger charge is 2.28. The first-order valence-corrected chi connectivity index (χ1v) is 8.09. The summed E-state index contributed by atoms with van der Waals surface area (Å²) >= 11 is 6.13. The summed E-state index contributed by atoms with van der Waals surface area (Å²) in [6.45, 7) is 4.04. The molecule has 2 aliphatic heterocycles. The van der Waals surface area contributed by atoms with Gasteiger partial charge in [-0.1, -0.05) is 0 Å². The van der Waals surface area contributed by atoms with Crippen LogP contribution in [-0.2, 0) is 0 Å². The number of hydrogen-bond donors (Lipinski definition) is 0. The van der Waals surface area contributed by atoms with Gasteiger partial charge in [0.05, 0.1) is 0 Å². The van der Waals surface area contributed by atoms with E-state index in [1.54, 1.807) is 0 Å². The lowest BCUT2D eigenvalue weighted by Gasteiger charge is -2.27. The van der Waals surface area contributed by atoms with Gasteiger partial charge in [-0.3, -0.25) is 0 Å². The van der Waals surface area contributed by atoms with Crippen molar-refractivity contribution in [3.05, 3.63) is 5.28 Å². The molecule has 1 aromatic heterocycles. The van der Waals surface area contributed by atoms with E-state index >= 15 is 0 Å². The quantitative estimate of drug-likeness (QED) is 0.843. The van der Waals surface area contributed by atoms with Crippen LogP contribution in [0.2, 0.25) is 5.28 Å². The van der Waals surface area contributed by atoms with Crippen LogP contribution in [0.1, 0.15) is 25.7 Å². The average molecular weight is 311 g/mol. The maximum absolute atomic E-state index is 6.13. The molecule has 1 unspecified atom stereocenters. The second kappa shape index (κ2) is 6.32. The Morgan fingerprint density at radius 3 is 2.48 bits per heavy atom. The van der Waals surface area contributed by atoms with E-state index in [0.29, 0.717) is 11.3 Å². The molecule has 0 aromatic carbocycles. The Bertz CT molecular complexity index is 488. The molecule has 0 N–H and O–H groups in total. The molecule has 3 rings (SSSR count). The minimum absolute atomic E-state index is 0.303. The molecule has 0 amide bonds. The van der Waals surface area contributed by atoms with Gasteiger partial charge in [0, 0.05) is 32.2 Å². The first kappa shape index (κ1) is 14.8. The Kier molecular flexibility index (Phi) is 4.45. The summed E-state index contributed by atoms with van der Waals surface area (Å²) in [6, 6.07) is 0.463. The van der Waals surface area contributed by atoms with Crippen LogP contribution < -0.4 is 9.80 Å². The fourth-order valence-corrected chi connectivity index (χ4v) is 3.38. The number of nitrogens with zero attached hydrogens (tertiary/aromatic N) is 6. The smallest absolute Gasteiger partial charge is 0.231 e. The van der Waals surface area contributed by atoms with Gasteiger partial charge >= 0.3 is 0 Å². The van der Waals surface area contributed by atoms with Crippen LogP contribution in [-0.4, -0.2) is 66.2 Å². The van der Waals surface area contributed by atoms with E-state index in [1.165, 1.54) is 25.7 Å². The maximum Gasteiger partial charge on any atom is 0.231 e. The summed E-state index contributed by atoms with van der Waals surface area (Å²) in [4.78, 5) is 20.1. The minimum Gasteiger partial charge on any atom is -0.341 e. The van der Waals surface area contributed by atoms with Gasteiger partial charge in [0.2, 0.25) is 17.2 Å². The van der Waals surface area contributed by atoms with Gasteiger partial charge in [-0.15, -0.1) is 0 Å². The minimum atomic E-state index is 0.303. The first-order valence-electron chi connectivity index (χ1n) is 7.71. The van der Waals surface area contributed by atoms with Crippen molar-refractivity contribution in [3.8, 4) is 0 Å². The van der Waals surface area contributed by atoms with Crippen molar-refractivity contribution in [2.24, 2.45) is 0 Å². The van der Waals surface area contributed by atoms with Crippen molar-refractivity contribution >= 4 is 23.5 Å². The molecule has 6 nitrogen and oxygen atoms in total. The fourth-order valence-electron chi connectivity index (χ4n) is 3.23. The Hall–Kier alpha value is -1.14. The van der Waals surface area contributed by atoms with Crippen molar-refractivity contribution in [1.82, 2.24) is 19.9 Å². The maximum atomic E-state index is 6.13. The number of halogens is 1. The highest BCUT2D eigenvalue weighted by molar-refractivity contribution is 6.28. The molecule has 21 heavy (non-hydrogen) atoms. The average Bonchev–Trinajstić information content (AvgIpc) is 3.07. The van der Waals surface area contributed by atoms with Crippen LogP contribution in [0.3, 0.4) is 0 Å². The van der Waals surface area contributed by atoms with Crippen LogP contribution in [0, 0.1) is 0 Å². The molecular formula is C14H23ClN6. The van der Waals surface area contributed by atoms with Crippen molar-refractivity contribution in [2.75, 3.05) is 50.1 Å². The number of aromatic nitrogens is 3. The fraction of sp³-hybridized carbons (Fsp3) is 0.786. The summed E-state index contributed by atoms with van der Waals surface area (Å²) in [7, 11) is 4.21. The van der Waals surface area contributed by atoms with E-state index in [2.05, 4.69) is 43.7 Å². The van der Waals surface area contributed by atoms with E-state index in [9.17, 15) is 0 Å². The van der Waals surface area contributed by atoms with Gasteiger partial charge in [-0.05, 0) is 51.4 Å². The lowest BCUT2D eigenvalue weighted by molar-refractivity contribution is 0.371. The molecule has 7 heteroatoms. The van der Waals surface area contributed by atoms with E-state index in [1.807, 2.05) is 0 Å². The van der Waals surface area contributed by atoms with Gasteiger partial charge < -0.3 is 14.7 Å². The zero-order chi connectivity index (χ0) is 14.8. The first-order chi connectivity index (χ1) is 10.1. The molecular weight excluding hydrogens is 288 g/mol. The molecule has 3 heterocycles. The molecule has 2 saturated heterocycles. The molecule has 0 radical (unpaired) electrons. The molecule has 0 saturated carbocycles. The number of rotatable bonds is 4. The van der Waals surface area contributed by atoms with Gasteiger partial charge in [0.15, 0.2) is 0 Å². The molecule has 0 bridgehead atoms. The molecule has 2 aliphatic rings. The van der Waals surface area contributed by atoms with Crippen molar-refractivity contribution in [2.45, 2.75) is 31.7 Å². The van der Waals surface area contributed by atoms with E-state index in [-0.39, 0.29) is 0 Å². The Morgan fingerprint density at radius 2 is 1.76 bits per heavy atom. The third-order valence-electron chi connectivity index (χ3n) is 4.18. The standard InChI is InChI=1S/C14H23ClN6/c1-19(2)10-11-6-5-9-21(11)14-17-12(15)16-13(18-14)20-7-3-4-8-20/h11H,3-10H2,1-2H3. The monoisotopic (exact) mass is 310 g/mol. The largest absolute Gasteiger partial charge is 0.341 e. The number of hydrogen-bond acceptors (Lipinski definition) is 6. The second-order valence-electron chi connectivity index (χ2n) is 6.15. The number of likely N-dealkylation sites (N-methyl/N-ethyl adjacent to an activating group) is 1. The predicted molar refractivity (Wildman–Crippen MR) is 85.2 cm³/mol. The number of anilines is 2. The van der Waals surface area contributed by atoms with Crippen LogP contribution in [0.15, 0.2) is 0 Å². The summed E-state index contributed by atoms with van der Waals surface area (Å²) in [5, 5.41) is 0.303. The molecule has 0 aliphatic carbocycles. The lowest BCUT2D eigenvalue weighted by Crippen LogP contribution is -2.38. The Morgan fingerprint density at radius 1 is 1.05 bits per heavy atom. The zero-order valence-electron chi connectivity index (χ0n) is 12.8. The third kappa shape index (κ3) is 3.37. The molecule has 116 valence electrons. The highest BCUT2D eigenvalue weighted by Crippen LogP contribution is 2.26. The Balaban J connectivity index is 1.83. The van der Waals surface area contributed by atoms with Crippen molar-refractivity contribution in [1.29, 1.82) is 0 Å². The van der Waals surface area contributed by atoms with Crippen molar-refractivity contribution in [3.63, 3.8) is 0 Å². The topological polar surface area (TPSA) is 48.4 Å². The molecule has 1 aromatic rings. The van der Waals surface area contributed by atoms with Crippen LogP contribution in [0.5, 0.6) is 0 Å². The molecule has 1 atom stereocenters. The molecule has 0 spiro atoms. The summed E-state index contributed by atoms with van der Waals surface area (Å²) < 4.78 is 0. The predicted octanol–water partition coefficient (Wildman–Crippen LogP) is 1.66. The van der Waals surface area contributed by atoms with E-state index < -0.39 is 0 Å². The van der Waals surface area contributed by atoms with E-state index in [4.69, 9.17) is 11.6 Å². The van der Waals surface area contributed by atoms with Crippen LogP contribution >= 0.6 is 11.6 Å². The zero-order valence-corrected chi connectivity index (χ0v) is 13.6. The Labute approximate surface area is 131 Å². The summed E-state index contributed by atoms with van der Waals surface area (Å²) in [5.41, 5.74) is 0. The normalized spacial score (nSPS) is 22.6. The highest BCUT2D eigenvalue weighted by atomic mass is 35.5. The van der Waals surface area contributed by atoms with Gasteiger partial charge in [-0.2, -0.15) is 15.0 Å². The summed E-state index contributed by atoms with van der Waals surface area (Å²) in [5.74, 6) is 1.47.